The minimum atomic E-state index is -2.96. The highest BCUT2D eigenvalue weighted by molar-refractivity contribution is 7.90. The van der Waals surface area contributed by atoms with Crippen LogP contribution in [-0.2, 0) is 10.0 Å². The van der Waals surface area contributed by atoms with E-state index in [1.165, 1.54) is 0 Å². The van der Waals surface area contributed by atoms with E-state index in [1.54, 1.807) is 17.9 Å². The van der Waals surface area contributed by atoms with Crippen molar-refractivity contribution in [2.45, 2.75) is 26.6 Å². The van der Waals surface area contributed by atoms with Gasteiger partial charge in [0.2, 0.25) is 10.0 Å². The Morgan fingerprint density at radius 1 is 1.27 bits per heavy atom. The molecule has 3 nitrogen and oxygen atoms in total. The van der Waals surface area contributed by atoms with Gasteiger partial charge < -0.3 is 0 Å². The molecule has 0 aliphatic carbocycles. The maximum atomic E-state index is 11.3. The van der Waals surface area contributed by atoms with E-state index in [4.69, 9.17) is 0 Å². The van der Waals surface area contributed by atoms with Crippen molar-refractivity contribution in [1.82, 2.24) is 3.97 Å². The number of hydrogen-bond donors (Lipinski definition) is 0. The molecule has 0 saturated carbocycles. The molecule has 0 aromatic heterocycles. The minimum Gasteiger partial charge on any atom is -0.227 e. The summed E-state index contributed by atoms with van der Waals surface area (Å²) in [6, 6.07) is 0. The fourth-order valence-electron chi connectivity index (χ4n) is 0.611. The summed E-state index contributed by atoms with van der Waals surface area (Å²) in [5.41, 5.74) is 0. The van der Waals surface area contributed by atoms with Crippen molar-refractivity contribution in [2.24, 2.45) is 0 Å². The summed E-state index contributed by atoms with van der Waals surface area (Å²) in [5.74, 6) is 0.202. The van der Waals surface area contributed by atoms with Crippen LogP contribution >= 0.6 is 0 Å². The Morgan fingerprint density at radius 2 is 1.64 bits per heavy atom. The number of hydrogen-bond acceptors (Lipinski definition) is 2. The molecular weight excluding hydrogens is 178 g/mol. The van der Waals surface area contributed by atoms with Crippen molar-refractivity contribution in [3.8, 4) is 0 Å². The topological polar surface area (TPSA) is 37.4 Å². The molecule has 0 unspecified atom stereocenters. The van der Waals surface area contributed by atoms with Gasteiger partial charge in [0.25, 0.3) is 0 Å². The minimum absolute atomic E-state index is 0.202. The van der Waals surface area contributed by atoms with E-state index >= 15 is 0 Å². The van der Waals surface area contributed by atoms with E-state index < -0.39 is 18.3 Å². The fraction of sp³-hybridized carbons (Fsp3) is 1.00. The van der Waals surface area contributed by atoms with E-state index in [0.717, 1.165) is 0 Å². The summed E-state index contributed by atoms with van der Waals surface area (Å²) in [6.07, 6.45) is 0. The summed E-state index contributed by atoms with van der Waals surface area (Å²) in [4.78, 5) is 0. The van der Waals surface area contributed by atoms with Crippen molar-refractivity contribution in [3.05, 3.63) is 0 Å². The predicted molar refractivity (Wildman–Crippen MR) is 50.6 cm³/mol. The van der Waals surface area contributed by atoms with Gasteiger partial charge in [0.05, 0.1) is 5.75 Å². The zero-order chi connectivity index (χ0) is 9.28. The summed E-state index contributed by atoms with van der Waals surface area (Å²) in [6.45, 7) is 7.71. The lowest BCUT2D eigenvalue weighted by atomic mass is 11.0. The van der Waals surface area contributed by atoms with Crippen LogP contribution in [0.4, 0.5) is 0 Å². The molecule has 0 heterocycles. The second-order valence-electron chi connectivity index (χ2n) is 3.54. The zero-order valence-electron chi connectivity index (χ0n) is 7.88. The first-order chi connectivity index (χ1) is 4.72. The average Bonchev–Trinajstić information content (AvgIpc) is 1.84. The third-order valence-electron chi connectivity index (χ3n) is 1.73. The van der Waals surface area contributed by atoms with Crippen molar-refractivity contribution >= 4 is 18.3 Å². The van der Waals surface area contributed by atoms with Crippen LogP contribution in [0.2, 0.25) is 19.6 Å². The molecule has 0 aromatic rings. The first-order valence-corrected chi connectivity index (χ1v) is 8.74. The summed E-state index contributed by atoms with van der Waals surface area (Å²) in [5, 5.41) is 0. The Kier molecular flexibility index (Phi) is 3.28. The van der Waals surface area contributed by atoms with Crippen molar-refractivity contribution in [3.63, 3.8) is 0 Å². The quantitative estimate of drug-likeness (QED) is 0.633. The van der Waals surface area contributed by atoms with Gasteiger partial charge in [-0.1, -0.05) is 19.6 Å². The Balaban J connectivity index is 4.64. The molecular formula is C6H17NO2SSi. The summed E-state index contributed by atoms with van der Waals surface area (Å²) < 4.78 is 24.2. The smallest absolute Gasteiger partial charge is 0.207 e. The average molecular weight is 195 g/mol. The van der Waals surface area contributed by atoms with E-state index in [0.29, 0.717) is 0 Å². The highest BCUT2D eigenvalue weighted by Gasteiger charge is 2.28. The molecule has 0 rings (SSSR count). The molecule has 0 bridgehead atoms. The van der Waals surface area contributed by atoms with Crippen LogP contribution in [0.3, 0.4) is 0 Å². The lowest BCUT2D eigenvalue weighted by Crippen LogP contribution is -2.47. The highest BCUT2D eigenvalue weighted by atomic mass is 32.2. The predicted octanol–water partition coefficient (Wildman–Crippen LogP) is 1.10. The molecule has 0 saturated heterocycles. The van der Waals surface area contributed by atoms with Crippen LogP contribution in [0.5, 0.6) is 0 Å². The highest BCUT2D eigenvalue weighted by Crippen LogP contribution is 2.11. The van der Waals surface area contributed by atoms with Crippen LogP contribution in [0.1, 0.15) is 6.92 Å². The molecule has 5 heteroatoms. The lowest BCUT2D eigenvalue weighted by Gasteiger charge is -2.28. The Labute approximate surface area is 70.5 Å². The van der Waals surface area contributed by atoms with Gasteiger partial charge in [-0.2, -0.15) is 0 Å². The van der Waals surface area contributed by atoms with E-state index in [9.17, 15) is 8.42 Å². The molecule has 68 valence electrons. The SMILES string of the molecule is CCS(=O)(=O)N(C)[Si](C)(C)C. The maximum Gasteiger partial charge on any atom is 0.207 e. The van der Waals surface area contributed by atoms with Crippen molar-refractivity contribution < 1.29 is 8.42 Å². The summed E-state index contributed by atoms with van der Waals surface area (Å²) >= 11 is 0. The number of nitrogens with zero attached hydrogens (tertiary/aromatic N) is 1. The third kappa shape index (κ3) is 2.92. The van der Waals surface area contributed by atoms with E-state index in [2.05, 4.69) is 0 Å². The van der Waals surface area contributed by atoms with Crippen LogP contribution in [-0.4, -0.2) is 33.4 Å². The molecule has 0 amide bonds. The van der Waals surface area contributed by atoms with Crippen molar-refractivity contribution in [2.75, 3.05) is 12.8 Å². The van der Waals surface area contributed by atoms with Crippen LogP contribution in [0, 0.1) is 0 Å². The molecule has 0 N–H and O–H groups in total. The van der Waals surface area contributed by atoms with Gasteiger partial charge in [-0.05, 0) is 14.0 Å². The molecule has 0 fully saturated rings. The van der Waals surface area contributed by atoms with Gasteiger partial charge in [0.15, 0.2) is 0 Å². The molecule has 0 aromatic carbocycles. The first-order valence-electron chi connectivity index (χ1n) is 3.68. The zero-order valence-corrected chi connectivity index (χ0v) is 9.70. The fourth-order valence-corrected chi connectivity index (χ4v) is 4.72. The molecule has 0 radical (unpaired) electrons. The van der Waals surface area contributed by atoms with Crippen LogP contribution in [0.25, 0.3) is 0 Å². The Morgan fingerprint density at radius 3 is 1.73 bits per heavy atom. The Bertz CT molecular complexity index is 217. The van der Waals surface area contributed by atoms with Gasteiger partial charge in [-0.15, -0.1) is 0 Å². The monoisotopic (exact) mass is 195 g/mol. The summed E-state index contributed by atoms with van der Waals surface area (Å²) in [7, 11) is -2.96. The maximum absolute atomic E-state index is 11.3. The normalized spacial score (nSPS) is 14.0. The van der Waals surface area contributed by atoms with E-state index in [-0.39, 0.29) is 5.75 Å². The van der Waals surface area contributed by atoms with Gasteiger partial charge in [-0.3, -0.25) is 0 Å². The van der Waals surface area contributed by atoms with Crippen LogP contribution in [0.15, 0.2) is 0 Å². The van der Waals surface area contributed by atoms with E-state index in [1.807, 2.05) is 19.6 Å². The van der Waals surface area contributed by atoms with Gasteiger partial charge in [0, 0.05) is 0 Å². The second-order valence-corrected chi connectivity index (χ2v) is 11.2. The Hall–Kier alpha value is 0.127. The standard InChI is InChI=1S/C6H17NO2SSi/c1-6-10(8,9)7(2)11(3,4)5/h6H2,1-5H3. The lowest BCUT2D eigenvalue weighted by molar-refractivity contribution is 0.555. The van der Waals surface area contributed by atoms with Gasteiger partial charge in [-0.25, -0.2) is 12.4 Å². The first kappa shape index (κ1) is 11.1. The number of sulfonamides is 1. The molecule has 11 heavy (non-hydrogen) atoms. The van der Waals surface area contributed by atoms with Crippen molar-refractivity contribution in [1.29, 1.82) is 0 Å². The molecule has 0 atom stereocenters. The number of rotatable bonds is 3. The van der Waals surface area contributed by atoms with Gasteiger partial charge in [0.1, 0.15) is 8.24 Å². The largest absolute Gasteiger partial charge is 0.227 e. The third-order valence-corrected chi connectivity index (χ3v) is 7.66. The molecule has 0 aliphatic rings. The molecule has 0 aliphatic heterocycles. The van der Waals surface area contributed by atoms with Gasteiger partial charge >= 0.3 is 0 Å². The molecule has 0 spiro atoms. The second kappa shape index (κ2) is 3.24. The van der Waals surface area contributed by atoms with Crippen LogP contribution < -0.4 is 0 Å².